The first-order chi connectivity index (χ1) is 12.2. The molecule has 3 heterocycles. The van der Waals surface area contributed by atoms with Crippen molar-refractivity contribution in [2.45, 2.75) is 51.0 Å². The summed E-state index contributed by atoms with van der Waals surface area (Å²) < 4.78 is 11.0. The Labute approximate surface area is 146 Å². The number of ether oxygens (including phenoxy) is 1. The standard InChI is InChI=1S/C18H24N4O3/c1-12-10-19-17(20-12)15-11-24-8-7-22(15)18(23)16-9-14(21-25-16)13-5-3-2-4-6-13/h9-10,13,15H,2-8,11H2,1H3,(H,19,20)/t15-/m0/s1. The van der Waals surface area contributed by atoms with Crippen molar-refractivity contribution in [3.05, 3.63) is 35.2 Å². The highest BCUT2D eigenvalue weighted by Crippen LogP contribution is 2.33. The lowest BCUT2D eigenvalue weighted by Crippen LogP contribution is -2.43. The van der Waals surface area contributed by atoms with Gasteiger partial charge in [-0.05, 0) is 19.8 Å². The van der Waals surface area contributed by atoms with Gasteiger partial charge in [-0.25, -0.2) is 4.98 Å². The van der Waals surface area contributed by atoms with E-state index in [0.29, 0.717) is 31.4 Å². The third-order valence-corrected chi connectivity index (χ3v) is 5.19. The van der Waals surface area contributed by atoms with E-state index in [2.05, 4.69) is 15.1 Å². The maximum atomic E-state index is 13.0. The summed E-state index contributed by atoms with van der Waals surface area (Å²) in [6.07, 6.45) is 7.77. The summed E-state index contributed by atoms with van der Waals surface area (Å²) in [5.41, 5.74) is 1.88. The van der Waals surface area contributed by atoms with Crippen LogP contribution in [-0.2, 0) is 4.74 Å². The van der Waals surface area contributed by atoms with Gasteiger partial charge in [0.1, 0.15) is 11.9 Å². The van der Waals surface area contributed by atoms with Gasteiger partial charge in [0.25, 0.3) is 5.91 Å². The van der Waals surface area contributed by atoms with Crippen molar-refractivity contribution >= 4 is 5.91 Å². The quantitative estimate of drug-likeness (QED) is 0.925. The first kappa shape index (κ1) is 16.3. The fourth-order valence-electron chi connectivity index (χ4n) is 3.80. The van der Waals surface area contributed by atoms with Crippen molar-refractivity contribution < 1.29 is 14.1 Å². The number of aromatic nitrogens is 3. The number of H-pyrrole nitrogens is 1. The molecule has 0 spiro atoms. The molecule has 2 aromatic heterocycles. The summed E-state index contributed by atoms with van der Waals surface area (Å²) in [5.74, 6) is 1.34. The number of carbonyl (C=O) groups is 1. The Morgan fingerprint density at radius 3 is 2.92 bits per heavy atom. The molecule has 0 radical (unpaired) electrons. The van der Waals surface area contributed by atoms with Crippen LogP contribution >= 0.6 is 0 Å². The highest BCUT2D eigenvalue weighted by atomic mass is 16.5. The lowest BCUT2D eigenvalue weighted by atomic mass is 9.87. The number of amides is 1. The van der Waals surface area contributed by atoms with Crippen LogP contribution in [0.3, 0.4) is 0 Å². The van der Waals surface area contributed by atoms with Gasteiger partial charge in [0.05, 0.1) is 18.9 Å². The highest BCUT2D eigenvalue weighted by molar-refractivity contribution is 5.91. The lowest BCUT2D eigenvalue weighted by Gasteiger charge is -2.33. The number of nitrogens with one attached hydrogen (secondary N) is 1. The maximum absolute atomic E-state index is 13.0. The van der Waals surface area contributed by atoms with Crippen molar-refractivity contribution in [3.63, 3.8) is 0 Å². The molecule has 134 valence electrons. The fraction of sp³-hybridized carbons (Fsp3) is 0.611. The zero-order valence-corrected chi connectivity index (χ0v) is 14.5. The molecule has 0 unspecified atom stereocenters. The molecule has 0 bridgehead atoms. The van der Waals surface area contributed by atoms with Crippen molar-refractivity contribution in [1.82, 2.24) is 20.0 Å². The fourth-order valence-corrected chi connectivity index (χ4v) is 3.80. The number of aromatic amines is 1. The third-order valence-electron chi connectivity index (χ3n) is 5.19. The Kier molecular flexibility index (Phi) is 4.57. The Bertz CT molecular complexity index is 732. The number of morpholine rings is 1. The van der Waals surface area contributed by atoms with E-state index in [4.69, 9.17) is 9.26 Å². The Morgan fingerprint density at radius 2 is 2.16 bits per heavy atom. The van der Waals surface area contributed by atoms with Crippen LogP contribution in [-0.4, -0.2) is 45.7 Å². The predicted molar refractivity (Wildman–Crippen MR) is 90.3 cm³/mol. The van der Waals surface area contributed by atoms with Crippen LogP contribution in [0.15, 0.2) is 16.8 Å². The molecular weight excluding hydrogens is 320 g/mol. The average molecular weight is 344 g/mol. The first-order valence-corrected chi connectivity index (χ1v) is 9.09. The molecule has 7 nitrogen and oxygen atoms in total. The number of carbonyl (C=O) groups excluding carboxylic acids is 1. The van der Waals surface area contributed by atoms with Crippen molar-refractivity contribution in [1.29, 1.82) is 0 Å². The lowest BCUT2D eigenvalue weighted by molar-refractivity contribution is -0.00692. The molecule has 1 N–H and O–H groups in total. The normalized spacial score (nSPS) is 22.3. The van der Waals surface area contributed by atoms with E-state index in [0.717, 1.165) is 30.1 Å². The molecule has 7 heteroatoms. The van der Waals surface area contributed by atoms with E-state index >= 15 is 0 Å². The first-order valence-electron chi connectivity index (χ1n) is 9.09. The minimum absolute atomic E-state index is 0.142. The molecule has 2 aromatic rings. The minimum atomic E-state index is -0.224. The summed E-state index contributed by atoms with van der Waals surface area (Å²) in [4.78, 5) is 22.3. The van der Waals surface area contributed by atoms with Crippen LogP contribution in [0.4, 0.5) is 0 Å². The van der Waals surface area contributed by atoms with Crippen molar-refractivity contribution in [3.8, 4) is 0 Å². The largest absolute Gasteiger partial charge is 0.377 e. The number of imidazole rings is 1. The van der Waals surface area contributed by atoms with Crippen LogP contribution in [0.5, 0.6) is 0 Å². The van der Waals surface area contributed by atoms with Crippen LogP contribution in [0.2, 0.25) is 0 Å². The molecule has 1 aliphatic carbocycles. The summed E-state index contributed by atoms with van der Waals surface area (Å²) in [6, 6.07) is 1.61. The van der Waals surface area contributed by atoms with Gasteiger partial charge in [-0.2, -0.15) is 0 Å². The summed E-state index contributed by atoms with van der Waals surface area (Å²) in [7, 11) is 0. The zero-order valence-electron chi connectivity index (χ0n) is 14.5. The molecule has 2 aliphatic rings. The molecule has 1 saturated heterocycles. The molecule has 1 saturated carbocycles. The number of hydrogen-bond donors (Lipinski definition) is 1. The van der Waals surface area contributed by atoms with E-state index < -0.39 is 0 Å². The van der Waals surface area contributed by atoms with Gasteiger partial charge in [-0.1, -0.05) is 24.4 Å². The molecule has 4 rings (SSSR count). The Balaban J connectivity index is 1.53. The molecular formula is C18H24N4O3. The second-order valence-corrected chi connectivity index (χ2v) is 6.99. The average Bonchev–Trinajstić information content (AvgIpc) is 3.31. The second kappa shape index (κ2) is 7.00. The monoisotopic (exact) mass is 344 g/mol. The van der Waals surface area contributed by atoms with Gasteiger partial charge in [0.15, 0.2) is 0 Å². The Morgan fingerprint density at radius 1 is 1.32 bits per heavy atom. The van der Waals surface area contributed by atoms with Crippen molar-refractivity contribution in [2.75, 3.05) is 19.8 Å². The molecule has 1 atom stereocenters. The third kappa shape index (κ3) is 3.33. The van der Waals surface area contributed by atoms with E-state index in [-0.39, 0.29) is 11.9 Å². The van der Waals surface area contributed by atoms with E-state index in [9.17, 15) is 4.79 Å². The van der Waals surface area contributed by atoms with Crippen LogP contribution in [0, 0.1) is 6.92 Å². The van der Waals surface area contributed by atoms with Crippen LogP contribution in [0.1, 0.15) is 71.8 Å². The van der Waals surface area contributed by atoms with E-state index in [1.165, 1.54) is 19.3 Å². The number of nitrogens with zero attached hydrogens (tertiary/aromatic N) is 3. The summed E-state index contributed by atoms with van der Waals surface area (Å²) >= 11 is 0. The van der Waals surface area contributed by atoms with Gasteiger partial charge in [0, 0.05) is 30.4 Å². The summed E-state index contributed by atoms with van der Waals surface area (Å²) in [5, 5.41) is 4.18. The van der Waals surface area contributed by atoms with Gasteiger partial charge in [0.2, 0.25) is 5.76 Å². The maximum Gasteiger partial charge on any atom is 0.293 e. The van der Waals surface area contributed by atoms with E-state index in [1.54, 1.807) is 11.1 Å². The van der Waals surface area contributed by atoms with Gasteiger partial charge < -0.3 is 19.1 Å². The smallest absolute Gasteiger partial charge is 0.293 e. The van der Waals surface area contributed by atoms with Gasteiger partial charge >= 0.3 is 0 Å². The number of aryl methyl sites for hydroxylation is 1. The van der Waals surface area contributed by atoms with Crippen molar-refractivity contribution in [2.24, 2.45) is 0 Å². The van der Waals surface area contributed by atoms with E-state index in [1.807, 2.05) is 13.0 Å². The van der Waals surface area contributed by atoms with Crippen LogP contribution in [0.25, 0.3) is 0 Å². The molecule has 1 aliphatic heterocycles. The Hall–Kier alpha value is -2.15. The van der Waals surface area contributed by atoms with Crippen LogP contribution < -0.4 is 0 Å². The molecule has 25 heavy (non-hydrogen) atoms. The molecule has 1 amide bonds. The number of rotatable bonds is 3. The number of hydrogen-bond acceptors (Lipinski definition) is 5. The molecule has 0 aromatic carbocycles. The summed E-state index contributed by atoms with van der Waals surface area (Å²) in [6.45, 7) is 3.41. The SMILES string of the molecule is Cc1cnc([C@@H]2COCCN2C(=O)c2cc(C3CCCCC3)no2)[nH]1. The van der Waals surface area contributed by atoms with Gasteiger partial charge in [-0.15, -0.1) is 0 Å². The van der Waals surface area contributed by atoms with Gasteiger partial charge in [-0.3, -0.25) is 4.79 Å². The zero-order chi connectivity index (χ0) is 17.2. The minimum Gasteiger partial charge on any atom is -0.377 e. The second-order valence-electron chi connectivity index (χ2n) is 6.99. The highest BCUT2D eigenvalue weighted by Gasteiger charge is 2.33. The predicted octanol–water partition coefficient (Wildman–Crippen LogP) is 2.97. The topological polar surface area (TPSA) is 84.2 Å². The molecule has 2 fully saturated rings.